The van der Waals surface area contributed by atoms with Crippen LogP contribution in [0, 0.1) is 20.9 Å². The van der Waals surface area contributed by atoms with Crippen LogP contribution in [0.1, 0.15) is 31.8 Å². The molecule has 11 heteroatoms. The largest absolute Gasteiger partial charge is 0.366 e. The Morgan fingerprint density at radius 1 is 0.730 bits per heavy atom. The molecule has 0 aliphatic carbocycles. The molecule has 0 atom stereocenters. The van der Waals surface area contributed by atoms with Crippen molar-refractivity contribution in [3.63, 3.8) is 0 Å². The average molecular weight is 502 g/mol. The Hall–Kier alpha value is -5.06. The zero-order valence-corrected chi connectivity index (χ0v) is 20.9. The van der Waals surface area contributed by atoms with E-state index in [4.69, 9.17) is 16.6 Å². The summed E-state index contributed by atoms with van der Waals surface area (Å²) in [5, 5.41) is 27.8. The Morgan fingerprint density at radius 3 is 1.49 bits per heavy atom. The molecule has 190 valence electrons. The summed E-state index contributed by atoms with van der Waals surface area (Å²) in [6, 6.07) is 16.7. The zero-order chi connectivity index (χ0) is 27.4. The Bertz CT molecular complexity index is 1290. The molecule has 11 nitrogen and oxygen atoms in total. The van der Waals surface area contributed by atoms with Gasteiger partial charge in [0.2, 0.25) is 5.91 Å². The summed E-state index contributed by atoms with van der Waals surface area (Å²) in [4.78, 5) is 41.0. The van der Waals surface area contributed by atoms with Crippen molar-refractivity contribution >= 4 is 40.5 Å². The third kappa shape index (κ3) is 5.78. The summed E-state index contributed by atoms with van der Waals surface area (Å²) in [6.45, 7) is 0. The first-order valence-corrected chi connectivity index (χ1v) is 11.1. The minimum atomic E-state index is -0.901. The second kappa shape index (κ2) is 10.7. The van der Waals surface area contributed by atoms with Crippen molar-refractivity contribution in [1.82, 2.24) is 9.80 Å². The smallest absolute Gasteiger partial charge is 0.271 e. The number of benzene rings is 3. The van der Waals surface area contributed by atoms with Crippen LogP contribution in [0.15, 0.2) is 66.7 Å². The summed E-state index contributed by atoms with van der Waals surface area (Å²) >= 11 is 0. The topological polar surface area (TPSA) is 161 Å². The standard InChI is InChI=1S/C26H27N7O4/c1-30(2)23(27)16-5-9-20(10-6-16)32(21-11-7-17(8-12-21)24(28)31(3)4)26(35)19-13-18(25(29)34)14-22(15-19)33(36)37/h5-15,27-28H,1-4H3,(H2,29,34). The average Bonchev–Trinajstić information content (AvgIpc) is 2.88. The van der Waals surface area contributed by atoms with E-state index in [1.165, 1.54) is 11.0 Å². The lowest BCUT2D eigenvalue weighted by Gasteiger charge is -2.24. The predicted octanol–water partition coefficient (Wildman–Crippen LogP) is 3.45. The van der Waals surface area contributed by atoms with Crippen LogP contribution in [-0.2, 0) is 0 Å². The van der Waals surface area contributed by atoms with Crippen molar-refractivity contribution in [2.45, 2.75) is 0 Å². The summed E-state index contributed by atoms with van der Waals surface area (Å²) in [7, 11) is 6.99. The molecular formula is C26H27N7O4. The van der Waals surface area contributed by atoms with E-state index < -0.39 is 22.4 Å². The highest BCUT2D eigenvalue weighted by Crippen LogP contribution is 2.30. The third-order valence-corrected chi connectivity index (χ3v) is 5.56. The number of carbonyl (C=O) groups is 2. The molecule has 0 aliphatic heterocycles. The van der Waals surface area contributed by atoms with Crippen LogP contribution < -0.4 is 10.6 Å². The minimum absolute atomic E-state index is 0.0989. The van der Waals surface area contributed by atoms with Gasteiger partial charge in [-0.1, -0.05) is 0 Å². The second-order valence-corrected chi connectivity index (χ2v) is 8.61. The molecule has 4 N–H and O–H groups in total. The molecule has 0 aromatic heterocycles. The molecule has 0 saturated heterocycles. The van der Waals surface area contributed by atoms with Gasteiger partial charge in [-0.3, -0.25) is 35.4 Å². The maximum Gasteiger partial charge on any atom is 0.271 e. The Labute approximate surface area is 213 Å². The van der Waals surface area contributed by atoms with E-state index in [1.54, 1.807) is 86.5 Å². The number of amides is 2. The number of hydrogen-bond donors (Lipinski definition) is 3. The first-order valence-electron chi connectivity index (χ1n) is 11.1. The fourth-order valence-electron chi connectivity index (χ4n) is 3.55. The van der Waals surface area contributed by atoms with Crippen molar-refractivity contribution in [2.24, 2.45) is 5.73 Å². The lowest BCUT2D eigenvalue weighted by atomic mass is 10.1. The predicted molar refractivity (Wildman–Crippen MR) is 142 cm³/mol. The quantitative estimate of drug-likeness (QED) is 0.194. The Kier molecular flexibility index (Phi) is 7.67. The van der Waals surface area contributed by atoms with Crippen LogP contribution >= 0.6 is 0 Å². The first-order chi connectivity index (χ1) is 17.4. The minimum Gasteiger partial charge on any atom is -0.366 e. The van der Waals surface area contributed by atoms with Gasteiger partial charge in [-0.05, 0) is 54.6 Å². The van der Waals surface area contributed by atoms with Gasteiger partial charge in [-0.25, -0.2) is 0 Å². The summed E-state index contributed by atoms with van der Waals surface area (Å²) in [5.74, 6) is -0.971. The van der Waals surface area contributed by atoms with Crippen molar-refractivity contribution in [3.05, 3.63) is 99.1 Å². The van der Waals surface area contributed by atoms with Gasteiger partial charge in [-0.2, -0.15) is 0 Å². The highest BCUT2D eigenvalue weighted by atomic mass is 16.6. The molecule has 0 fully saturated rings. The molecule has 3 aromatic rings. The fourth-order valence-corrected chi connectivity index (χ4v) is 3.55. The van der Waals surface area contributed by atoms with Crippen molar-refractivity contribution in [2.75, 3.05) is 33.1 Å². The highest BCUT2D eigenvalue weighted by molar-refractivity contribution is 6.12. The van der Waals surface area contributed by atoms with Gasteiger partial charge in [0.15, 0.2) is 0 Å². The number of nitrogens with zero attached hydrogens (tertiary/aromatic N) is 4. The van der Waals surface area contributed by atoms with Gasteiger partial charge in [0.25, 0.3) is 11.6 Å². The fraction of sp³-hybridized carbons (Fsp3) is 0.154. The van der Waals surface area contributed by atoms with E-state index in [9.17, 15) is 19.7 Å². The van der Waals surface area contributed by atoms with Crippen LogP contribution in [0.25, 0.3) is 0 Å². The Balaban J connectivity index is 2.15. The van der Waals surface area contributed by atoms with Crippen molar-refractivity contribution < 1.29 is 14.5 Å². The summed E-state index contributed by atoms with van der Waals surface area (Å²) in [5.41, 5.74) is 6.77. The molecule has 37 heavy (non-hydrogen) atoms. The van der Waals surface area contributed by atoms with E-state index in [2.05, 4.69) is 0 Å². The maximum absolute atomic E-state index is 13.8. The normalized spacial score (nSPS) is 10.4. The van der Waals surface area contributed by atoms with Crippen LogP contribution in [0.5, 0.6) is 0 Å². The SMILES string of the molecule is CN(C)C(=N)c1ccc(N(C(=O)c2cc(C(N)=O)cc([N+](=O)[O-])c2)c2ccc(C(=N)N(C)C)cc2)cc1. The number of non-ortho nitro benzene ring substituents is 1. The molecule has 0 spiro atoms. The number of hydrogen-bond acceptors (Lipinski definition) is 6. The highest BCUT2D eigenvalue weighted by Gasteiger charge is 2.24. The van der Waals surface area contributed by atoms with Crippen molar-refractivity contribution in [1.29, 1.82) is 10.8 Å². The summed E-state index contributed by atoms with van der Waals surface area (Å²) < 4.78 is 0. The number of primary amides is 1. The lowest BCUT2D eigenvalue weighted by Crippen LogP contribution is -2.27. The van der Waals surface area contributed by atoms with Gasteiger partial charge in [0.05, 0.1) is 4.92 Å². The maximum atomic E-state index is 13.8. The van der Waals surface area contributed by atoms with Crippen molar-refractivity contribution in [3.8, 4) is 0 Å². The Morgan fingerprint density at radius 2 is 1.14 bits per heavy atom. The molecule has 0 radical (unpaired) electrons. The summed E-state index contributed by atoms with van der Waals surface area (Å²) in [6.07, 6.45) is 0. The molecular weight excluding hydrogens is 474 g/mol. The van der Waals surface area contributed by atoms with Gasteiger partial charge in [0, 0.05) is 74.0 Å². The number of nitro benzene ring substituents is 1. The molecule has 2 amide bonds. The number of amidine groups is 2. The second-order valence-electron chi connectivity index (χ2n) is 8.61. The van der Waals surface area contributed by atoms with Crippen LogP contribution in [-0.4, -0.2) is 66.4 Å². The number of nitrogens with two attached hydrogens (primary N) is 1. The number of anilines is 2. The number of nitro groups is 1. The number of rotatable bonds is 7. The monoisotopic (exact) mass is 501 g/mol. The van der Waals surface area contributed by atoms with Crippen LogP contribution in [0.4, 0.5) is 17.1 Å². The van der Waals surface area contributed by atoms with E-state index in [0.717, 1.165) is 12.1 Å². The molecule has 0 heterocycles. The molecule has 0 aliphatic rings. The van der Waals surface area contributed by atoms with Gasteiger partial charge >= 0.3 is 0 Å². The molecule has 3 rings (SSSR count). The van der Waals surface area contributed by atoms with Crippen LogP contribution in [0.3, 0.4) is 0 Å². The molecule has 0 unspecified atom stereocenters. The van der Waals surface area contributed by atoms with E-state index in [0.29, 0.717) is 22.5 Å². The van der Waals surface area contributed by atoms with Gasteiger partial charge < -0.3 is 15.5 Å². The van der Waals surface area contributed by atoms with Gasteiger partial charge in [0.1, 0.15) is 11.7 Å². The lowest BCUT2D eigenvalue weighted by molar-refractivity contribution is -0.384. The van der Waals surface area contributed by atoms with Crippen LogP contribution in [0.2, 0.25) is 0 Å². The molecule has 0 bridgehead atoms. The van der Waals surface area contributed by atoms with Gasteiger partial charge in [-0.15, -0.1) is 0 Å². The van der Waals surface area contributed by atoms with E-state index in [1.807, 2.05) is 0 Å². The third-order valence-electron chi connectivity index (χ3n) is 5.56. The number of nitrogens with one attached hydrogen (secondary N) is 2. The first kappa shape index (κ1) is 26.5. The molecule has 3 aromatic carbocycles. The van der Waals surface area contributed by atoms with E-state index >= 15 is 0 Å². The molecule has 0 saturated carbocycles. The zero-order valence-electron chi connectivity index (χ0n) is 20.9. The number of carbonyl (C=O) groups excluding carboxylic acids is 2. The van der Waals surface area contributed by atoms with E-state index in [-0.39, 0.29) is 22.8 Å².